The number of carbonyl (C=O) groups excluding carboxylic acids is 2. The van der Waals surface area contributed by atoms with E-state index in [0.29, 0.717) is 13.1 Å². The second-order valence-electron chi connectivity index (χ2n) is 7.98. The van der Waals surface area contributed by atoms with Gasteiger partial charge in [0.15, 0.2) is 0 Å². The first-order chi connectivity index (χ1) is 15.7. The zero-order valence-corrected chi connectivity index (χ0v) is 18.2. The fourth-order valence-corrected chi connectivity index (χ4v) is 3.74. The lowest BCUT2D eigenvalue weighted by Crippen LogP contribution is -2.55. The van der Waals surface area contributed by atoms with Gasteiger partial charge in [0.25, 0.3) is 0 Å². The van der Waals surface area contributed by atoms with Crippen LogP contribution in [0.15, 0.2) is 34.4 Å². The summed E-state index contributed by atoms with van der Waals surface area (Å²) in [6.07, 6.45) is -0.0428. The summed E-state index contributed by atoms with van der Waals surface area (Å²) in [4.78, 5) is 32.3. The van der Waals surface area contributed by atoms with Gasteiger partial charge in [-0.15, -0.1) is 13.2 Å². The van der Waals surface area contributed by atoms with Crippen molar-refractivity contribution in [3.05, 3.63) is 24.3 Å². The SMILES string of the molecule is CC(=O)N1CCC[C@@H](N(C(=O)NCC(C=Nc2cccc(OC(F)(F)F)c2)=NN)C2CC2)C1. The number of hydrazone groups is 1. The van der Waals surface area contributed by atoms with Crippen LogP contribution in [0, 0.1) is 0 Å². The lowest BCUT2D eigenvalue weighted by atomic mass is 10.0. The second-order valence-corrected chi connectivity index (χ2v) is 7.98. The van der Waals surface area contributed by atoms with Crippen molar-refractivity contribution in [1.82, 2.24) is 15.1 Å². The van der Waals surface area contributed by atoms with Crippen molar-refractivity contribution in [1.29, 1.82) is 0 Å². The van der Waals surface area contributed by atoms with Gasteiger partial charge in [0, 0.05) is 32.1 Å². The van der Waals surface area contributed by atoms with E-state index in [1.807, 2.05) is 0 Å². The molecule has 2 fully saturated rings. The highest BCUT2D eigenvalue weighted by Crippen LogP contribution is 2.31. The third-order valence-corrected chi connectivity index (χ3v) is 5.41. The molecule has 3 N–H and O–H groups in total. The minimum absolute atomic E-state index is 0.00526. The molecule has 1 aromatic carbocycles. The number of halogens is 3. The van der Waals surface area contributed by atoms with Crippen molar-refractivity contribution in [2.75, 3.05) is 19.6 Å². The number of rotatable bonds is 7. The van der Waals surface area contributed by atoms with Gasteiger partial charge in [-0.3, -0.25) is 9.79 Å². The lowest BCUT2D eigenvalue weighted by Gasteiger charge is -2.39. The molecule has 180 valence electrons. The maximum absolute atomic E-state index is 12.9. The van der Waals surface area contributed by atoms with E-state index in [1.54, 1.807) is 9.80 Å². The van der Waals surface area contributed by atoms with Gasteiger partial charge < -0.3 is 25.7 Å². The Bertz CT molecular complexity index is 917. The molecule has 1 saturated carbocycles. The largest absolute Gasteiger partial charge is 0.573 e. The van der Waals surface area contributed by atoms with Crippen LogP contribution in [0.3, 0.4) is 0 Å². The van der Waals surface area contributed by atoms with Crippen LogP contribution in [-0.2, 0) is 4.79 Å². The average Bonchev–Trinajstić information content (AvgIpc) is 3.58. The summed E-state index contributed by atoms with van der Waals surface area (Å²) in [5, 5.41) is 6.38. The Morgan fingerprint density at radius 2 is 2.06 bits per heavy atom. The van der Waals surface area contributed by atoms with Gasteiger partial charge in [0.05, 0.1) is 30.2 Å². The molecule has 12 heteroatoms. The van der Waals surface area contributed by atoms with Crippen LogP contribution < -0.4 is 15.9 Å². The molecule has 0 aromatic heterocycles. The highest BCUT2D eigenvalue weighted by atomic mass is 19.4. The normalized spacial score (nSPS) is 19.5. The van der Waals surface area contributed by atoms with Gasteiger partial charge in [-0.1, -0.05) is 6.07 Å². The number of piperidine rings is 1. The van der Waals surface area contributed by atoms with Crippen molar-refractivity contribution in [3.63, 3.8) is 0 Å². The third kappa shape index (κ3) is 7.36. The van der Waals surface area contributed by atoms with Crippen molar-refractivity contribution in [2.24, 2.45) is 15.9 Å². The van der Waals surface area contributed by atoms with E-state index in [9.17, 15) is 22.8 Å². The molecule has 33 heavy (non-hydrogen) atoms. The highest BCUT2D eigenvalue weighted by Gasteiger charge is 2.39. The quantitative estimate of drug-likeness (QED) is 0.364. The van der Waals surface area contributed by atoms with Crippen LogP contribution in [-0.4, -0.2) is 71.7 Å². The Morgan fingerprint density at radius 1 is 1.30 bits per heavy atom. The minimum Gasteiger partial charge on any atom is -0.406 e. The predicted octanol–water partition coefficient (Wildman–Crippen LogP) is 2.79. The van der Waals surface area contributed by atoms with Gasteiger partial charge >= 0.3 is 12.4 Å². The Balaban J connectivity index is 1.58. The first-order valence-electron chi connectivity index (χ1n) is 10.6. The van der Waals surface area contributed by atoms with E-state index in [2.05, 4.69) is 20.1 Å². The molecule has 0 radical (unpaired) electrons. The van der Waals surface area contributed by atoms with E-state index in [-0.39, 0.29) is 42.0 Å². The van der Waals surface area contributed by atoms with Crippen molar-refractivity contribution in [2.45, 2.75) is 51.1 Å². The number of aliphatic imine (C=N–C) groups is 1. The van der Waals surface area contributed by atoms with Gasteiger partial charge in [0.2, 0.25) is 5.91 Å². The van der Waals surface area contributed by atoms with Gasteiger partial charge in [-0.05, 0) is 37.8 Å². The van der Waals surface area contributed by atoms with E-state index < -0.39 is 12.1 Å². The molecule has 3 rings (SSSR count). The third-order valence-electron chi connectivity index (χ3n) is 5.41. The topological polar surface area (TPSA) is 113 Å². The second kappa shape index (κ2) is 10.5. The summed E-state index contributed by atoms with van der Waals surface area (Å²) in [5.41, 5.74) is 0.436. The Kier molecular flexibility index (Phi) is 7.77. The number of nitrogens with two attached hydrogens (primary N) is 1. The number of hydrogen-bond acceptors (Lipinski definition) is 6. The number of likely N-dealkylation sites (tertiary alicyclic amines) is 1. The minimum atomic E-state index is -4.80. The molecule has 2 aliphatic rings. The van der Waals surface area contributed by atoms with Crippen LogP contribution in [0.25, 0.3) is 0 Å². The summed E-state index contributed by atoms with van der Waals surface area (Å²) in [6.45, 7) is 2.72. The number of benzene rings is 1. The lowest BCUT2D eigenvalue weighted by molar-refractivity contribution is -0.274. The first-order valence-corrected chi connectivity index (χ1v) is 10.6. The predicted molar refractivity (Wildman–Crippen MR) is 116 cm³/mol. The van der Waals surface area contributed by atoms with Crippen LogP contribution >= 0.6 is 0 Å². The molecule has 0 bridgehead atoms. The van der Waals surface area contributed by atoms with Gasteiger partial charge in [-0.2, -0.15) is 5.10 Å². The van der Waals surface area contributed by atoms with E-state index in [4.69, 9.17) is 5.84 Å². The molecule has 1 atom stereocenters. The number of alkyl halides is 3. The molecule has 1 aliphatic heterocycles. The standard InChI is InChI=1S/C21H27F3N6O3/c1-14(31)29-9-3-5-18(13-29)30(17-7-8-17)20(32)27-12-16(28-25)11-26-15-4-2-6-19(10-15)33-21(22,23)24/h2,4,6,10-11,17-18H,3,5,7-9,12-13,25H2,1H3,(H,27,32)/t18-/m1/s1. The number of carbonyl (C=O) groups is 2. The Morgan fingerprint density at radius 3 is 2.70 bits per heavy atom. The molecule has 1 aliphatic carbocycles. The summed E-state index contributed by atoms with van der Waals surface area (Å²) >= 11 is 0. The molecule has 3 amide bonds. The summed E-state index contributed by atoms with van der Waals surface area (Å²) in [6, 6.07) is 4.96. The van der Waals surface area contributed by atoms with Crippen molar-refractivity contribution >= 4 is 29.6 Å². The summed E-state index contributed by atoms with van der Waals surface area (Å²) in [7, 11) is 0. The van der Waals surface area contributed by atoms with Gasteiger partial charge in [0.1, 0.15) is 5.75 Å². The summed E-state index contributed by atoms with van der Waals surface area (Å²) in [5.74, 6) is 4.99. The number of urea groups is 1. The fourth-order valence-electron chi connectivity index (χ4n) is 3.74. The fraction of sp³-hybridized carbons (Fsp3) is 0.524. The van der Waals surface area contributed by atoms with Crippen molar-refractivity contribution < 1.29 is 27.5 Å². The monoisotopic (exact) mass is 468 g/mol. The highest BCUT2D eigenvalue weighted by molar-refractivity contribution is 6.32. The van der Waals surface area contributed by atoms with Crippen LogP contribution in [0.5, 0.6) is 5.75 Å². The molecule has 1 saturated heterocycles. The van der Waals surface area contributed by atoms with Crippen molar-refractivity contribution in [3.8, 4) is 5.75 Å². The Labute approximate surface area is 189 Å². The number of ether oxygens (including phenoxy) is 1. The molecule has 9 nitrogen and oxygen atoms in total. The zero-order chi connectivity index (χ0) is 24.0. The smallest absolute Gasteiger partial charge is 0.406 e. The van der Waals surface area contributed by atoms with Crippen LogP contribution in [0.4, 0.5) is 23.7 Å². The number of hydrogen-bond donors (Lipinski definition) is 2. The number of nitrogens with one attached hydrogen (secondary N) is 1. The van der Waals surface area contributed by atoms with Crippen LogP contribution in [0.1, 0.15) is 32.6 Å². The number of nitrogens with zero attached hydrogens (tertiary/aromatic N) is 4. The first kappa shape index (κ1) is 24.3. The maximum atomic E-state index is 12.9. The maximum Gasteiger partial charge on any atom is 0.573 e. The average molecular weight is 468 g/mol. The summed E-state index contributed by atoms with van der Waals surface area (Å²) < 4.78 is 41.0. The zero-order valence-electron chi connectivity index (χ0n) is 18.2. The number of amides is 3. The van der Waals surface area contributed by atoms with Crippen LogP contribution in [0.2, 0.25) is 0 Å². The van der Waals surface area contributed by atoms with E-state index >= 15 is 0 Å². The van der Waals surface area contributed by atoms with Gasteiger partial charge in [-0.25, -0.2) is 4.79 Å². The molecule has 1 heterocycles. The van der Waals surface area contributed by atoms with E-state index in [0.717, 1.165) is 37.8 Å². The molecular weight excluding hydrogens is 441 g/mol. The Hall–Kier alpha value is -3.31. The molecule has 0 unspecified atom stereocenters. The van der Waals surface area contributed by atoms with E-state index in [1.165, 1.54) is 25.3 Å². The molecular formula is C21H27F3N6O3. The molecule has 1 aromatic rings. The molecule has 0 spiro atoms.